The van der Waals surface area contributed by atoms with Crippen molar-refractivity contribution in [1.82, 2.24) is 0 Å². The summed E-state index contributed by atoms with van der Waals surface area (Å²) < 4.78 is 14.0. The van der Waals surface area contributed by atoms with Crippen LogP contribution < -0.4 is 0 Å². The van der Waals surface area contributed by atoms with Gasteiger partial charge >= 0.3 is 0 Å². The van der Waals surface area contributed by atoms with Gasteiger partial charge in [0, 0.05) is 0 Å². The zero-order chi connectivity index (χ0) is 12.4. The largest absolute Gasteiger partial charge is 0.246 e. The maximum atomic E-state index is 14.0. The summed E-state index contributed by atoms with van der Waals surface area (Å²) in [5, 5.41) is 8.97. The van der Waals surface area contributed by atoms with Gasteiger partial charge in [0.2, 0.25) is 0 Å². The predicted octanol–water partition coefficient (Wildman–Crippen LogP) is 4.34. The number of halogens is 1. The standard InChI is InChI=1S/C15H24FN/c1-10-3-5-12(6-4-10)13-7-11(2)14(9-17)15(16)8-13/h10-15H,3-8H2,1-2H3. The Labute approximate surface area is 104 Å². The van der Waals surface area contributed by atoms with Crippen molar-refractivity contribution in [3.8, 4) is 6.07 Å². The van der Waals surface area contributed by atoms with E-state index in [0.29, 0.717) is 12.3 Å². The lowest BCUT2D eigenvalue weighted by Gasteiger charge is -2.40. The Bertz CT molecular complexity index is 276. The van der Waals surface area contributed by atoms with Crippen molar-refractivity contribution in [2.75, 3.05) is 0 Å². The SMILES string of the molecule is CC1CCC(C2CC(C)C(C#N)C(F)C2)CC1. The predicted molar refractivity (Wildman–Crippen MR) is 67.0 cm³/mol. The van der Waals surface area contributed by atoms with Crippen molar-refractivity contribution in [2.45, 2.75) is 58.5 Å². The van der Waals surface area contributed by atoms with E-state index >= 15 is 0 Å². The molecule has 1 nitrogen and oxygen atoms in total. The van der Waals surface area contributed by atoms with Crippen LogP contribution in [0.5, 0.6) is 0 Å². The molecule has 0 aromatic rings. The first-order chi connectivity index (χ1) is 8.11. The number of hydrogen-bond acceptors (Lipinski definition) is 1. The summed E-state index contributed by atoms with van der Waals surface area (Å²) in [6, 6.07) is 2.16. The summed E-state index contributed by atoms with van der Waals surface area (Å²) in [5.41, 5.74) is 0. The lowest BCUT2D eigenvalue weighted by molar-refractivity contribution is 0.0642. The van der Waals surface area contributed by atoms with Gasteiger partial charge in [-0.25, -0.2) is 4.39 Å². The Hall–Kier alpha value is -0.580. The van der Waals surface area contributed by atoms with Crippen molar-refractivity contribution in [1.29, 1.82) is 5.26 Å². The molecule has 0 aromatic heterocycles. The van der Waals surface area contributed by atoms with Crippen LogP contribution in [0, 0.1) is 40.9 Å². The Morgan fingerprint density at radius 1 is 1.00 bits per heavy atom. The van der Waals surface area contributed by atoms with E-state index in [1.165, 1.54) is 25.7 Å². The Morgan fingerprint density at radius 3 is 2.18 bits per heavy atom. The van der Waals surface area contributed by atoms with E-state index in [-0.39, 0.29) is 11.8 Å². The quantitative estimate of drug-likeness (QED) is 0.665. The molecule has 0 heterocycles. The number of rotatable bonds is 1. The molecular weight excluding hydrogens is 213 g/mol. The minimum Gasteiger partial charge on any atom is -0.246 e. The number of hydrogen-bond donors (Lipinski definition) is 0. The summed E-state index contributed by atoms with van der Waals surface area (Å²) in [6.07, 6.45) is 6.01. The molecule has 17 heavy (non-hydrogen) atoms. The van der Waals surface area contributed by atoms with Gasteiger partial charge in [-0.1, -0.05) is 26.7 Å². The van der Waals surface area contributed by atoms with Gasteiger partial charge in [-0.3, -0.25) is 0 Å². The van der Waals surface area contributed by atoms with Gasteiger partial charge < -0.3 is 0 Å². The van der Waals surface area contributed by atoms with Crippen molar-refractivity contribution in [3.63, 3.8) is 0 Å². The second-order valence-corrected chi connectivity index (χ2v) is 6.40. The third kappa shape index (κ3) is 2.81. The van der Waals surface area contributed by atoms with Gasteiger partial charge in [0.05, 0.1) is 12.0 Å². The Balaban J connectivity index is 1.93. The molecule has 2 heteroatoms. The van der Waals surface area contributed by atoms with Gasteiger partial charge in [0.15, 0.2) is 0 Å². The molecule has 2 rings (SSSR count). The maximum absolute atomic E-state index is 14.0. The van der Waals surface area contributed by atoms with Gasteiger partial charge in [0.25, 0.3) is 0 Å². The molecule has 0 amide bonds. The van der Waals surface area contributed by atoms with Crippen LogP contribution in [0.2, 0.25) is 0 Å². The molecule has 4 atom stereocenters. The number of alkyl halides is 1. The maximum Gasteiger partial charge on any atom is 0.116 e. The number of nitriles is 1. The van der Waals surface area contributed by atoms with Crippen LogP contribution in [0.3, 0.4) is 0 Å². The topological polar surface area (TPSA) is 23.8 Å². The molecule has 0 aliphatic heterocycles. The van der Waals surface area contributed by atoms with Crippen LogP contribution in [0.25, 0.3) is 0 Å². The zero-order valence-corrected chi connectivity index (χ0v) is 11.0. The van der Waals surface area contributed by atoms with E-state index < -0.39 is 6.17 Å². The smallest absolute Gasteiger partial charge is 0.116 e. The second-order valence-electron chi connectivity index (χ2n) is 6.40. The first-order valence-electron chi connectivity index (χ1n) is 7.15. The summed E-state index contributed by atoms with van der Waals surface area (Å²) in [6.45, 7) is 4.38. The lowest BCUT2D eigenvalue weighted by atomic mass is 9.66. The summed E-state index contributed by atoms with van der Waals surface area (Å²) in [5.74, 6) is 2.02. The Kier molecular flexibility index (Phi) is 4.07. The van der Waals surface area contributed by atoms with Crippen LogP contribution in [-0.4, -0.2) is 6.17 Å². The van der Waals surface area contributed by atoms with Crippen LogP contribution in [0.1, 0.15) is 52.4 Å². The second kappa shape index (κ2) is 5.38. The summed E-state index contributed by atoms with van der Waals surface area (Å²) in [7, 11) is 0. The molecule has 0 aromatic carbocycles. The van der Waals surface area contributed by atoms with Crippen molar-refractivity contribution in [3.05, 3.63) is 0 Å². The fraction of sp³-hybridized carbons (Fsp3) is 0.933. The lowest BCUT2D eigenvalue weighted by Crippen LogP contribution is -2.35. The number of nitrogens with zero attached hydrogens (tertiary/aromatic N) is 1. The van der Waals surface area contributed by atoms with E-state index in [9.17, 15) is 4.39 Å². The highest BCUT2D eigenvalue weighted by Crippen LogP contribution is 2.44. The van der Waals surface area contributed by atoms with Gasteiger partial charge in [0.1, 0.15) is 6.17 Å². The highest BCUT2D eigenvalue weighted by Gasteiger charge is 2.39. The van der Waals surface area contributed by atoms with Gasteiger partial charge in [-0.05, 0) is 49.4 Å². The molecule has 2 aliphatic carbocycles. The van der Waals surface area contributed by atoms with E-state index in [1.807, 2.05) is 0 Å². The van der Waals surface area contributed by atoms with Crippen LogP contribution >= 0.6 is 0 Å². The van der Waals surface area contributed by atoms with Gasteiger partial charge in [-0.2, -0.15) is 5.26 Å². The molecule has 2 fully saturated rings. The van der Waals surface area contributed by atoms with Crippen molar-refractivity contribution < 1.29 is 4.39 Å². The molecule has 0 radical (unpaired) electrons. The van der Waals surface area contributed by atoms with Crippen LogP contribution in [0.15, 0.2) is 0 Å². The molecule has 2 saturated carbocycles. The fourth-order valence-electron chi connectivity index (χ4n) is 3.86. The molecule has 4 unspecified atom stereocenters. The first-order valence-corrected chi connectivity index (χ1v) is 7.15. The minimum atomic E-state index is -0.881. The zero-order valence-electron chi connectivity index (χ0n) is 11.0. The average molecular weight is 237 g/mol. The monoisotopic (exact) mass is 237 g/mol. The average Bonchev–Trinajstić information content (AvgIpc) is 2.29. The van der Waals surface area contributed by atoms with E-state index in [2.05, 4.69) is 19.9 Å². The molecule has 2 aliphatic rings. The third-order valence-electron chi connectivity index (χ3n) is 5.08. The highest BCUT2D eigenvalue weighted by atomic mass is 19.1. The first kappa shape index (κ1) is 12.9. The third-order valence-corrected chi connectivity index (χ3v) is 5.08. The molecular formula is C15H24FN. The van der Waals surface area contributed by atoms with Gasteiger partial charge in [-0.15, -0.1) is 0 Å². The molecule has 0 spiro atoms. The minimum absolute atomic E-state index is 0.244. The molecule has 0 bridgehead atoms. The van der Waals surface area contributed by atoms with Crippen LogP contribution in [-0.2, 0) is 0 Å². The molecule has 0 N–H and O–H groups in total. The van der Waals surface area contributed by atoms with E-state index in [0.717, 1.165) is 18.3 Å². The fourth-order valence-corrected chi connectivity index (χ4v) is 3.86. The highest BCUT2D eigenvalue weighted by molar-refractivity contribution is 4.98. The van der Waals surface area contributed by atoms with E-state index in [4.69, 9.17) is 5.26 Å². The van der Waals surface area contributed by atoms with Crippen molar-refractivity contribution in [2.24, 2.45) is 29.6 Å². The van der Waals surface area contributed by atoms with E-state index in [1.54, 1.807) is 0 Å². The molecule has 0 saturated heterocycles. The summed E-state index contributed by atoms with van der Waals surface area (Å²) in [4.78, 5) is 0. The summed E-state index contributed by atoms with van der Waals surface area (Å²) >= 11 is 0. The van der Waals surface area contributed by atoms with Crippen LogP contribution in [0.4, 0.5) is 4.39 Å². The molecule has 96 valence electrons. The normalized spacial score (nSPS) is 47.4. The Morgan fingerprint density at radius 2 is 1.65 bits per heavy atom. The van der Waals surface area contributed by atoms with Crippen molar-refractivity contribution >= 4 is 0 Å².